The molecule has 0 bridgehead atoms. The summed E-state index contributed by atoms with van der Waals surface area (Å²) in [6, 6.07) is 11.7. The van der Waals surface area contributed by atoms with E-state index in [1.165, 1.54) is 31.2 Å². The number of benzene rings is 1. The number of nitrogen functional groups attached to an aromatic ring is 1. The van der Waals surface area contributed by atoms with Gasteiger partial charge in [0.1, 0.15) is 0 Å². The highest BCUT2D eigenvalue weighted by atomic mass is 16.1. The minimum atomic E-state index is -0.298. The number of carbonyl (C=O) groups is 1. The number of hydrogen-bond acceptors (Lipinski definition) is 6. The lowest BCUT2D eigenvalue weighted by molar-refractivity contribution is -0.111. The van der Waals surface area contributed by atoms with E-state index in [0.717, 1.165) is 56.1 Å². The van der Waals surface area contributed by atoms with Crippen molar-refractivity contribution in [3.8, 4) is 11.1 Å². The SMILES string of the molecule is C=C(C(=O)Nc1ccc(CN2CCC2)nc1)c1cc(-c2cncc(CN3CCCCC3)c2)ccc1N. The van der Waals surface area contributed by atoms with Crippen molar-refractivity contribution >= 4 is 22.9 Å². The summed E-state index contributed by atoms with van der Waals surface area (Å²) in [5, 5.41) is 2.90. The van der Waals surface area contributed by atoms with E-state index in [-0.39, 0.29) is 5.91 Å². The summed E-state index contributed by atoms with van der Waals surface area (Å²) in [6.45, 7) is 10.3. The molecule has 0 unspecified atom stereocenters. The summed E-state index contributed by atoms with van der Waals surface area (Å²) in [7, 11) is 0. The molecule has 36 heavy (non-hydrogen) atoms. The largest absolute Gasteiger partial charge is 0.398 e. The number of anilines is 2. The van der Waals surface area contributed by atoms with E-state index in [9.17, 15) is 4.79 Å². The van der Waals surface area contributed by atoms with Crippen LogP contribution < -0.4 is 11.1 Å². The fourth-order valence-electron chi connectivity index (χ4n) is 4.79. The zero-order valence-electron chi connectivity index (χ0n) is 20.7. The lowest BCUT2D eigenvalue weighted by Gasteiger charge is -2.30. The molecule has 4 heterocycles. The fraction of sp³-hybridized carbons (Fsp3) is 0.345. The van der Waals surface area contributed by atoms with Crippen molar-refractivity contribution < 1.29 is 4.79 Å². The third-order valence-electron chi connectivity index (χ3n) is 7.05. The molecule has 7 heteroatoms. The molecule has 186 valence electrons. The van der Waals surface area contributed by atoms with E-state index < -0.39 is 0 Å². The van der Waals surface area contributed by atoms with Crippen molar-refractivity contribution in [2.24, 2.45) is 0 Å². The maximum atomic E-state index is 13.0. The van der Waals surface area contributed by atoms with E-state index >= 15 is 0 Å². The van der Waals surface area contributed by atoms with Gasteiger partial charge >= 0.3 is 0 Å². The molecule has 5 rings (SSSR count). The van der Waals surface area contributed by atoms with E-state index in [0.29, 0.717) is 22.5 Å². The predicted molar refractivity (Wildman–Crippen MR) is 145 cm³/mol. The average Bonchev–Trinajstić information content (AvgIpc) is 2.88. The Hall–Kier alpha value is -3.55. The lowest BCUT2D eigenvalue weighted by Crippen LogP contribution is -2.36. The Bertz CT molecular complexity index is 1230. The van der Waals surface area contributed by atoms with Crippen molar-refractivity contribution in [3.05, 3.63) is 78.4 Å². The first-order valence-corrected chi connectivity index (χ1v) is 12.8. The molecule has 1 amide bonds. The van der Waals surface area contributed by atoms with Crippen molar-refractivity contribution in [2.45, 2.75) is 38.8 Å². The molecule has 0 atom stereocenters. The van der Waals surface area contributed by atoms with Crippen LogP contribution in [0.15, 0.2) is 61.6 Å². The third-order valence-corrected chi connectivity index (χ3v) is 7.05. The number of carbonyl (C=O) groups excluding carboxylic acids is 1. The number of piperidine rings is 1. The number of rotatable bonds is 8. The van der Waals surface area contributed by atoms with Gasteiger partial charge in [-0.15, -0.1) is 0 Å². The third kappa shape index (κ3) is 5.80. The topological polar surface area (TPSA) is 87.4 Å². The number of nitrogens with zero attached hydrogens (tertiary/aromatic N) is 4. The monoisotopic (exact) mass is 482 g/mol. The molecule has 2 fully saturated rings. The molecule has 1 aromatic carbocycles. The van der Waals surface area contributed by atoms with E-state index in [2.05, 4.69) is 37.7 Å². The molecule has 0 spiro atoms. The van der Waals surface area contributed by atoms with E-state index in [1.807, 2.05) is 42.7 Å². The molecule has 3 aromatic rings. The second-order valence-corrected chi connectivity index (χ2v) is 9.82. The standard InChI is InChI=1S/C29H34N6O/c1-21(29(36)33-25-7-8-26(32-18-25)20-35-12-5-13-35)27-15-23(6-9-28(27)30)24-14-22(16-31-17-24)19-34-10-3-2-4-11-34/h6-9,14-18H,1-5,10-13,19-20,30H2,(H,33,36). The predicted octanol–water partition coefficient (Wildman–Crippen LogP) is 4.57. The highest BCUT2D eigenvalue weighted by molar-refractivity contribution is 6.25. The molecular weight excluding hydrogens is 448 g/mol. The van der Waals surface area contributed by atoms with Crippen LogP contribution in [0.3, 0.4) is 0 Å². The Morgan fingerprint density at radius 3 is 2.39 bits per heavy atom. The van der Waals surface area contributed by atoms with Crippen LogP contribution in [-0.2, 0) is 17.9 Å². The number of nitrogens with one attached hydrogen (secondary N) is 1. The zero-order valence-corrected chi connectivity index (χ0v) is 20.7. The van der Waals surface area contributed by atoms with Crippen LogP contribution in [0.5, 0.6) is 0 Å². The summed E-state index contributed by atoms with van der Waals surface area (Å²) in [6.07, 6.45) is 10.6. The van der Waals surface area contributed by atoms with Gasteiger partial charge in [0, 0.05) is 47.9 Å². The van der Waals surface area contributed by atoms with E-state index in [1.54, 1.807) is 6.20 Å². The van der Waals surface area contributed by atoms with Crippen LogP contribution in [0.1, 0.15) is 42.5 Å². The normalized spacial score (nSPS) is 16.3. The Kier molecular flexibility index (Phi) is 7.39. The number of nitrogens with two attached hydrogens (primary N) is 1. The molecule has 2 aromatic heterocycles. The average molecular weight is 483 g/mol. The Labute approximate surface area is 213 Å². The van der Waals surface area contributed by atoms with Gasteiger partial charge in [-0.2, -0.15) is 0 Å². The maximum absolute atomic E-state index is 13.0. The molecule has 2 aliphatic heterocycles. The Morgan fingerprint density at radius 1 is 0.889 bits per heavy atom. The van der Waals surface area contributed by atoms with Crippen LogP contribution in [0, 0.1) is 0 Å². The smallest absolute Gasteiger partial charge is 0.255 e. The van der Waals surface area contributed by atoms with Gasteiger partial charge in [0.15, 0.2) is 0 Å². The summed E-state index contributed by atoms with van der Waals surface area (Å²) < 4.78 is 0. The van der Waals surface area contributed by atoms with Crippen LogP contribution in [-0.4, -0.2) is 51.9 Å². The number of likely N-dealkylation sites (tertiary alicyclic amines) is 2. The molecule has 0 radical (unpaired) electrons. The van der Waals surface area contributed by atoms with Crippen molar-refractivity contribution in [1.29, 1.82) is 0 Å². The second kappa shape index (κ2) is 11.0. The van der Waals surface area contributed by atoms with Crippen molar-refractivity contribution in [3.63, 3.8) is 0 Å². The first-order chi connectivity index (χ1) is 17.5. The first kappa shape index (κ1) is 24.2. The fourth-order valence-corrected chi connectivity index (χ4v) is 4.79. The highest BCUT2D eigenvalue weighted by Crippen LogP contribution is 2.29. The van der Waals surface area contributed by atoms with Crippen LogP contribution in [0.25, 0.3) is 16.7 Å². The van der Waals surface area contributed by atoms with Gasteiger partial charge in [-0.25, -0.2) is 0 Å². The maximum Gasteiger partial charge on any atom is 0.255 e. The summed E-state index contributed by atoms with van der Waals surface area (Å²) >= 11 is 0. The molecule has 7 nitrogen and oxygen atoms in total. The van der Waals surface area contributed by atoms with Gasteiger partial charge in [0.25, 0.3) is 5.91 Å². The lowest BCUT2D eigenvalue weighted by atomic mass is 9.97. The highest BCUT2D eigenvalue weighted by Gasteiger charge is 2.17. The van der Waals surface area contributed by atoms with Crippen LogP contribution in [0.4, 0.5) is 11.4 Å². The van der Waals surface area contributed by atoms with Gasteiger partial charge in [0.05, 0.1) is 17.6 Å². The number of amides is 1. The van der Waals surface area contributed by atoms with Gasteiger partial charge in [-0.05, 0) is 86.9 Å². The Balaban J connectivity index is 1.27. The van der Waals surface area contributed by atoms with Gasteiger partial charge in [0.2, 0.25) is 0 Å². The number of pyridine rings is 2. The van der Waals surface area contributed by atoms with Crippen LogP contribution in [0.2, 0.25) is 0 Å². The van der Waals surface area contributed by atoms with Gasteiger partial charge in [-0.1, -0.05) is 19.1 Å². The summed E-state index contributed by atoms with van der Waals surface area (Å²) in [5.74, 6) is -0.298. The van der Waals surface area contributed by atoms with Crippen molar-refractivity contribution in [1.82, 2.24) is 19.8 Å². The molecule has 2 aliphatic rings. The Morgan fingerprint density at radius 2 is 1.67 bits per heavy atom. The van der Waals surface area contributed by atoms with Crippen molar-refractivity contribution in [2.75, 3.05) is 37.2 Å². The van der Waals surface area contributed by atoms with Gasteiger partial charge < -0.3 is 11.1 Å². The quantitative estimate of drug-likeness (QED) is 0.361. The van der Waals surface area contributed by atoms with Gasteiger partial charge in [-0.3, -0.25) is 24.6 Å². The van der Waals surface area contributed by atoms with E-state index in [4.69, 9.17) is 5.73 Å². The molecule has 2 saturated heterocycles. The zero-order chi connectivity index (χ0) is 24.9. The second-order valence-electron chi connectivity index (χ2n) is 9.82. The summed E-state index contributed by atoms with van der Waals surface area (Å²) in [4.78, 5) is 26.8. The molecular formula is C29H34N6O. The number of aromatic nitrogens is 2. The molecule has 3 N–H and O–H groups in total. The molecule has 0 aliphatic carbocycles. The number of hydrogen-bond donors (Lipinski definition) is 2. The molecule has 0 saturated carbocycles. The summed E-state index contributed by atoms with van der Waals surface area (Å²) in [5.41, 5.74) is 12.5. The minimum Gasteiger partial charge on any atom is -0.398 e. The van der Waals surface area contributed by atoms with Crippen LogP contribution >= 0.6 is 0 Å². The first-order valence-electron chi connectivity index (χ1n) is 12.8. The minimum absolute atomic E-state index is 0.298.